The van der Waals surface area contributed by atoms with Crippen molar-refractivity contribution in [1.82, 2.24) is 0 Å². The van der Waals surface area contributed by atoms with Gasteiger partial charge in [0.1, 0.15) is 5.75 Å². The Morgan fingerprint density at radius 2 is 1.65 bits per heavy atom. The molecule has 1 aliphatic rings. The molecule has 5 nitrogen and oxygen atoms in total. The molecule has 1 saturated carbocycles. The molecule has 0 heterocycles. The van der Waals surface area contributed by atoms with E-state index < -0.39 is 0 Å². The first-order chi connectivity index (χ1) is 11.2. The van der Waals surface area contributed by atoms with Crippen LogP contribution in [0, 0.1) is 5.92 Å². The Labute approximate surface area is 134 Å². The van der Waals surface area contributed by atoms with Crippen molar-refractivity contribution in [2.45, 2.75) is 12.8 Å². The summed E-state index contributed by atoms with van der Waals surface area (Å²) in [6.45, 7) is -0.0668. The smallest absolute Gasteiger partial charge is 0.262 e. The lowest BCUT2D eigenvalue weighted by atomic mass is 10.2. The second kappa shape index (κ2) is 6.96. The van der Waals surface area contributed by atoms with E-state index in [4.69, 9.17) is 4.74 Å². The van der Waals surface area contributed by atoms with Crippen LogP contribution in [0.1, 0.15) is 12.8 Å². The SMILES string of the molecule is O=C(COc1ccccc1)Nc1cccc(NC(=O)C2CC2)c1. The van der Waals surface area contributed by atoms with E-state index in [0.29, 0.717) is 17.1 Å². The molecule has 1 fully saturated rings. The van der Waals surface area contributed by atoms with E-state index >= 15 is 0 Å². The summed E-state index contributed by atoms with van der Waals surface area (Å²) in [4.78, 5) is 23.7. The summed E-state index contributed by atoms with van der Waals surface area (Å²) in [6.07, 6.45) is 1.91. The number of ether oxygens (including phenoxy) is 1. The highest BCUT2D eigenvalue weighted by Gasteiger charge is 2.29. The maximum Gasteiger partial charge on any atom is 0.262 e. The fourth-order valence-corrected chi connectivity index (χ4v) is 2.13. The number of carbonyl (C=O) groups is 2. The maximum absolute atomic E-state index is 11.9. The van der Waals surface area contributed by atoms with Gasteiger partial charge in [0.15, 0.2) is 6.61 Å². The minimum absolute atomic E-state index is 0.0425. The minimum Gasteiger partial charge on any atom is -0.484 e. The van der Waals surface area contributed by atoms with Gasteiger partial charge in [-0.1, -0.05) is 24.3 Å². The molecule has 0 aliphatic heterocycles. The number of hydrogen-bond acceptors (Lipinski definition) is 3. The molecule has 2 N–H and O–H groups in total. The number of amides is 2. The zero-order chi connectivity index (χ0) is 16.1. The quantitative estimate of drug-likeness (QED) is 0.861. The summed E-state index contributed by atoms with van der Waals surface area (Å²) in [5.74, 6) is 0.584. The van der Waals surface area contributed by atoms with Gasteiger partial charge in [0, 0.05) is 17.3 Å². The zero-order valence-corrected chi connectivity index (χ0v) is 12.6. The molecule has 23 heavy (non-hydrogen) atoms. The van der Waals surface area contributed by atoms with Gasteiger partial charge in [0.05, 0.1) is 0 Å². The third-order valence-corrected chi connectivity index (χ3v) is 3.48. The number of rotatable bonds is 6. The molecule has 0 saturated heterocycles. The third kappa shape index (κ3) is 4.57. The van der Waals surface area contributed by atoms with E-state index in [1.807, 2.05) is 18.2 Å². The molecular weight excluding hydrogens is 292 g/mol. The first-order valence-corrected chi connectivity index (χ1v) is 7.59. The molecule has 2 amide bonds. The maximum atomic E-state index is 11.9. The molecule has 3 rings (SSSR count). The third-order valence-electron chi connectivity index (χ3n) is 3.48. The molecule has 0 unspecified atom stereocenters. The summed E-state index contributed by atoms with van der Waals surface area (Å²) in [5.41, 5.74) is 1.31. The lowest BCUT2D eigenvalue weighted by molar-refractivity contribution is -0.118. The Balaban J connectivity index is 1.52. The summed E-state index contributed by atoms with van der Waals surface area (Å²) in [7, 11) is 0. The van der Waals surface area contributed by atoms with Gasteiger partial charge < -0.3 is 15.4 Å². The van der Waals surface area contributed by atoms with Gasteiger partial charge in [0.25, 0.3) is 5.91 Å². The molecule has 1 aliphatic carbocycles. The fourth-order valence-electron chi connectivity index (χ4n) is 2.13. The molecule has 0 spiro atoms. The van der Waals surface area contributed by atoms with Crippen LogP contribution in [0.2, 0.25) is 0 Å². The summed E-state index contributed by atoms with van der Waals surface area (Å²) >= 11 is 0. The van der Waals surface area contributed by atoms with Gasteiger partial charge >= 0.3 is 0 Å². The van der Waals surface area contributed by atoms with Gasteiger partial charge in [-0.05, 0) is 43.2 Å². The van der Waals surface area contributed by atoms with E-state index in [1.165, 1.54) is 0 Å². The Hall–Kier alpha value is -2.82. The standard InChI is InChI=1S/C18H18N2O3/c21-17(12-23-16-7-2-1-3-8-16)19-14-5-4-6-15(11-14)20-18(22)13-9-10-13/h1-8,11,13H,9-10,12H2,(H,19,21)(H,20,22). The first-order valence-electron chi connectivity index (χ1n) is 7.59. The molecule has 118 valence electrons. The molecule has 0 radical (unpaired) electrons. The van der Waals surface area contributed by atoms with Crippen LogP contribution in [0.3, 0.4) is 0 Å². The Morgan fingerprint density at radius 3 is 2.35 bits per heavy atom. The largest absolute Gasteiger partial charge is 0.484 e. The van der Waals surface area contributed by atoms with Crippen LogP contribution in [0.25, 0.3) is 0 Å². The number of benzene rings is 2. The lowest BCUT2D eigenvalue weighted by Crippen LogP contribution is -2.20. The number of hydrogen-bond donors (Lipinski definition) is 2. The highest BCUT2D eigenvalue weighted by atomic mass is 16.5. The van der Waals surface area contributed by atoms with Crippen molar-refractivity contribution in [3.63, 3.8) is 0 Å². The molecule has 0 bridgehead atoms. The minimum atomic E-state index is -0.250. The van der Waals surface area contributed by atoms with E-state index in [2.05, 4.69) is 10.6 Å². The average molecular weight is 310 g/mol. The van der Waals surface area contributed by atoms with Crippen LogP contribution in [0.5, 0.6) is 5.75 Å². The van der Waals surface area contributed by atoms with E-state index in [9.17, 15) is 9.59 Å². The van der Waals surface area contributed by atoms with E-state index in [-0.39, 0.29) is 24.3 Å². The van der Waals surface area contributed by atoms with E-state index in [1.54, 1.807) is 36.4 Å². The highest BCUT2D eigenvalue weighted by Crippen LogP contribution is 2.30. The zero-order valence-electron chi connectivity index (χ0n) is 12.6. The van der Waals surface area contributed by atoms with Crippen LogP contribution in [-0.4, -0.2) is 18.4 Å². The number of nitrogens with one attached hydrogen (secondary N) is 2. The molecule has 5 heteroatoms. The average Bonchev–Trinajstić information content (AvgIpc) is 3.39. The van der Waals surface area contributed by atoms with Crippen molar-refractivity contribution in [1.29, 1.82) is 0 Å². The molecular formula is C18H18N2O3. The Bertz CT molecular complexity index is 696. The highest BCUT2D eigenvalue weighted by molar-refractivity contribution is 5.96. The van der Waals surface area contributed by atoms with Crippen LogP contribution in [0.4, 0.5) is 11.4 Å². The normalized spacial score (nSPS) is 13.2. The summed E-state index contributed by atoms with van der Waals surface area (Å²) in [6, 6.07) is 16.3. The second-order valence-electron chi connectivity index (χ2n) is 5.49. The second-order valence-corrected chi connectivity index (χ2v) is 5.49. The Morgan fingerprint density at radius 1 is 0.957 bits per heavy atom. The molecule has 0 atom stereocenters. The summed E-state index contributed by atoms with van der Waals surface area (Å²) in [5, 5.41) is 5.61. The molecule has 0 aromatic heterocycles. The van der Waals surface area contributed by atoms with Crippen molar-refractivity contribution in [2.75, 3.05) is 17.2 Å². The van der Waals surface area contributed by atoms with Crippen molar-refractivity contribution >= 4 is 23.2 Å². The number of para-hydroxylation sites is 1. The predicted octanol–water partition coefficient (Wildman–Crippen LogP) is 3.05. The van der Waals surface area contributed by atoms with Crippen molar-refractivity contribution in [3.8, 4) is 5.75 Å². The van der Waals surface area contributed by atoms with Crippen LogP contribution >= 0.6 is 0 Å². The molecule has 2 aromatic rings. The van der Waals surface area contributed by atoms with Crippen LogP contribution in [-0.2, 0) is 9.59 Å². The van der Waals surface area contributed by atoms with Gasteiger partial charge in [-0.25, -0.2) is 0 Å². The van der Waals surface area contributed by atoms with Crippen molar-refractivity contribution in [2.24, 2.45) is 5.92 Å². The van der Waals surface area contributed by atoms with Gasteiger partial charge in [-0.3, -0.25) is 9.59 Å². The number of carbonyl (C=O) groups excluding carboxylic acids is 2. The monoisotopic (exact) mass is 310 g/mol. The number of anilines is 2. The van der Waals surface area contributed by atoms with Crippen molar-refractivity contribution in [3.05, 3.63) is 54.6 Å². The van der Waals surface area contributed by atoms with Gasteiger partial charge in [0.2, 0.25) is 5.91 Å². The van der Waals surface area contributed by atoms with Crippen molar-refractivity contribution < 1.29 is 14.3 Å². The Kier molecular flexibility index (Phi) is 4.57. The first kappa shape index (κ1) is 15.1. The van der Waals surface area contributed by atoms with Crippen LogP contribution in [0.15, 0.2) is 54.6 Å². The van der Waals surface area contributed by atoms with Gasteiger partial charge in [-0.2, -0.15) is 0 Å². The van der Waals surface area contributed by atoms with Gasteiger partial charge in [-0.15, -0.1) is 0 Å². The van der Waals surface area contributed by atoms with E-state index in [0.717, 1.165) is 12.8 Å². The fraction of sp³-hybridized carbons (Fsp3) is 0.222. The van der Waals surface area contributed by atoms with Crippen LogP contribution < -0.4 is 15.4 Å². The lowest BCUT2D eigenvalue weighted by Gasteiger charge is -2.09. The predicted molar refractivity (Wildman–Crippen MR) is 88.4 cm³/mol. The topological polar surface area (TPSA) is 67.4 Å². The summed E-state index contributed by atoms with van der Waals surface area (Å²) < 4.78 is 5.39. The molecule has 2 aromatic carbocycles.